The standard InChI is InChI=1S/C22H47BN4O3P/c1-19(2)9-12-27(8)13-10-26(11-14-27)31(28,24(6)7)18-29-17-20-15-25(22(3,4)5)16-21(23)30-20/h9,20-21H,10-18,23H2,1-8H3/q+1. The highest BCUT2D eigenvalue weighted by atomic mass is 31.2. The zero-order chi connectivity index (χ0) is 23.4. The van der Waals surface area contributed by atoms with Crippen LogP contribution in [0.25, 0.3) is 0 Å². The molecule has 3 unspecified atom stereocenters. The third-order valence-electron chi connectivity index (χ3n) is 6.64. The van der Waals surface area contributed by atoms with Crippen LogP contribution < -0.4 is 0 Å². The van der Waals surface area contributed by atoms with Crippen LogP contribution in [-0.2, 0) is 14.0 Å². The molecule has 2 heterocycles. The monoisotopic (exact) mass is 457 g/mol. The van der Waals surface area contributed by atoms with E-state index in [1.165, 1.54) is 5.57 Å². The Balaban J connectivity index is 1.92. The normalized spacial score (nSPS) is 27.8. The summed E-state index contributed by atoms with van der Waals surface area (Å²) in [6, 6.07) is 0.181. The van der Waals surface area contributed by atoms with Crippen LogP contribution >= 0.6 is 7.44 Å². The van der Waals surface area contributed by atoms with E-state index in [4.69, 9.17) is 9.47 Å². The van der Waals surface area contributed by atoms with Crippen LogP contribution in [-0.4, -0.2) is 124 Å². The van der Waals surface area contributed by atoms with Crippen LogP contribution in [0.4, 0.5) is 0 Å². The Morgan fingerprint density at radius 2 is 1.87 bits per heavy atom. The zero-order valence-electron chi connectivity index (χ0n) is 21.6. The molecule has 180 valence electrons. The van der Waals surface area contributed by atoms with Gasteiger partial charge in [-0.15, -0.1) is 0 Å². The molecule has 0 bridgehead atoms. The number of likely N-dealkylation sites (N-methyl/N-ethyl adjacent to an activating group) is 1. The first-order chi connectivity index (χ1) is 14.2. The van der Waals surface area contributed by atoms with Crippen molar-refractivity contribution < 1.29 is 18.5 Å². The molecule has 0 aromatic heterocycles. The molecule has 7 nitrogen and oxygen atoms in total. The molecule has 2 rings (SSSR count). The lowest BCUT2D eigenvalue weighted by Crippen LogP contribution is -2.57. The first-order valence-electron chi connectivity index (χ1n) is 11.7. The number of morpholine rings is 1. The smallest absolute Gasteiger partial charge is 0.241 e. The van der Waals surface area contributed by atoms with E-state index >= 15 is 0 Å². The lowest BCUT2D eigenvalue weighted by atomic mass is 9.94. The zero-order valence-corrected chi connectivity index (χ0v) is 22.5. The second kappa shape index (κ2) is 10.8. The third-order valence-corrected chi connectivity index (χ3v) is 9.69. The van der Waals surface area contributed by atoms with Crippen molar-refractivity contribution >= 4 is 15.3 Å². The van der Waals surface area contributed by atoms with Crippen molar-refractivity contribution in [2.24, 2.45) is 0 Å². The average Bonchev–Trinajstić information content (AvgIpc) is 2.65. The summed E-state index contributed by atoms with van der Waals surface area (Å²) < 4.78 is 31.2. The Kier molecular flexibility index (Phi) is 9.43. The Hall–Kier alpha value is -0.205. The molecule has 0 saturated carbocycles. The topological polar surface area (TPSA) is 45.2 Å². The summed E-state index contributed by atoms with van der Waals surface area (Å²) in [7, 11) is 5.51. The molecule has 0 aliphatic carbocycles. The number of hydrogen-bond acceptors (Lipinski definition) is 4. The SMILES string of the molecule is BC1CN(C(C)(C)C)CC(COCP(=O)(N(C)C)N2CC[N+](C)(CC=C(C)C)CC2)O1. The van der Waals surface area contributed by atoms with Gasteiger partial charge in [-0.3, -0.25) is 9.46 Å². The van der Waals surface area contributed by atoms with Crippen LogP contribution in [0, 0.1) is 0 Å². The van der Waals surface area contributed by atoms with Gasteiger partial charge in [-0.05, 0) is 54.8 Å². The van der Waals surface area contributed by atoms with E-state index in [0.29, 0.717) is 6.61 Å². The van der Waals surface area contributed by atoms with Gasteiger partial charge >= 0.3 is 0 Å². The summed E-state index contributed by atoms with van der Waals surface area (Å²) >= 11 is 0. The maximum Gasteiger partial charge on any atom is 0.241 e. The molecule has 0 spiro atoms. The van der Waals surface area contributed by atoms with Gasteiger partial charge in [0.2, 0.25) is 7.44 Å². The molecule has 2 aliphatic heterocycles. The first-order valence-corrected chi connectivity index (χ1v) is 13.5. The molecule has 3 atom stereocenters. The lowest BCUT2D eigenvalue weighted by molar-refractivity contribution is -0.907. The Labute approximate surface area is 192 Å². The highest BCUT2D eigenvalue weighted by molar-refractivity contribution is 7.58. The van der Waals surface area contributed by atoms with Crippen molar-refractivity contribution in [3.05, 3.63) is 11.6 Å². The van der Waals surface area contributed by atoms with Crippen molar-refractivity contribution in [1.82, 2.24) is 14.2 Å². The number of rotatable bonds is 8. The predicted octanol–water partition coefficient (Wildman–Crippen LogP) is 1.90. The fourth-order valence-corrected chi connectivity index (χ4v) is 6.32. The molecule has 0 radical (unpaired) electrons. The fraction of sp³-hybridized carbons (Fsp3) is 0.909. The molecular formula is C22H47BN4O3P+. The van der Waals surface area contributed by atoms with Gasteiger partial charge in [0.1, 0.15) is 14.2 Å². The van der Waals surface area contributed by atoms with Crippen LogP contribution in [0.1, 0.15) is 34.6 Å². The minimum absolute atomic E-state index is 0.0176. The summed E-state index contributed by atoms with van der Waals surface area (Å²) in [5, 5.41) is 0. The fourth-order valence-electron chi connectivity index (χ4n) is 4.27. The van der Waals surface area contributed by atoms with E-state index < -0.39 is 7.44 Å². The highest BCUT2D eigenvalue weighted by Crippen LogP contribution is 2.52. The number of nitrogens with zero attached hydrogens (tertiary/aromatic N) is 4. The Morgan fingerprint density at radius 3 is 2.39 bits per heavy atom. The van der Waals surface area contributed by atoms with E-state index in [2.05, 4.69) is 65.2 Å². The second-order valence-electron chi connectivity index (χ2n) is 11.1. The molecule has 9 heteroatoms. The largest absolute Gasteiger partial charge is 0.379 e. The first kappa shape index (κ1) is 27.0. The summed E-state index contributed by atoms with van der Waals surface area (Å²) in [5.41, 5.74) is 1.47. The maximum atomic E-state index is 13.9. The average molecular weight is 457 g/mol. The Morgan fingerprint density at radius 1 is 1.26 bits per heavy atom. The van der Waals surface area contributed by atoms with Gasteiger partial charge in [0.15, 0.2) is 0 Å². The van der Waals surface area contributed by atoms with Gasteiger partial charge in [-0.25, -0.2) is 9.34 Å². The second-order valence-corrected chi connectivity index (χ2v) is 14.1. The number of allylic oxidation sites excluding steroid dienone is 1. The van der Waals surface area contributed by atoms with Gasteiger partial charge in [-0.1, -0.05) is 5.57 Å². The summed E-state index contributed by atoms with van der Waals surface area (Å²) in [5.74, 6) is 0. The third kappa shape index (κ3) is 7.67. The van der Waals surface area contributed by atoms with E-state index in [-0.39, 0.29) is 24.0 Å². The molecule has 0 aromatic rings. The van der Waals surface area contributed by atoms with E-state index in [1.54, 1.807) is 0 Å². The van der Waals surface area contributed by atoms with Gasteiger partial charge in [0, 0.05) is 24.6 Å². The van der Waals surface area contributed by atoms with Crippen LogP contribution in [0.15, 0.2) is 11.6 Å². The summed E-state index contributed by atoms with van der Waals surface area (Å²) in [6.07, 6.45) is 2.58. The van der Waals surface area contributed by atoms with Crippen molar-refractivity contribution in [2.75, 3.05) is 79.9 Å². The van der Waals surface area contributed by atoms with Crippen molar-refractivity contribution in [2.45, 2.75) is 52.3 Å². The number of piperazine rings is 1. The van der Waals surface area contributed by atoms with Crippen LogP contribution in [0.3, 0.4) is 0 Å². The number of ether oxygens (including phenoxy) is 2. The molecule has 2 aliphatic rings. The predicted molar refractivity (Wildman–Crippen MR) is 132 cm³/mol. The van der Waals surface area contributed by atoms with Crippen LogP contribution in [0.5, 0.6) is 0 Å². The van der Waals surface area contributed by atoms with E-state index in [9.17, 15) is 4.57 Å². The highest BCUT2D eigenvalue weighted by Gasteiger charge is 2.40. The number of hydrogen-bond donors (Lipinski definition) is 0. The quantitative estimate of drug-likeness (QED) is 0.240. The van der Waals surface area contributed by atoms with Gasteiger partial charge < -0.3 is 14.0 Å². The molecule has 2 saturated heterocycles. The minimum atomic E-state index is -2.74. The van der Waals surface area contributed by atoms with E-state index in [1.807, 2.05) is 18.8 Å². The lowest BCUT2D eigenvalue weighted by Gasteiger charge is -2.45. The summed E-state index contributed by atoms with van der Waals surface area (Å²) in [4.78, 5) is 2.45. The minimum Gasteiger partial charge on any atom is -0.379 e. The molecule has 2 fully saturated rings. The maximum absolute atomic E-state index is 13.9. The van der Waals surface area contributed by atoms with Gasteiger partial charge in [0.05, 0.1) is 52.5 Å². The number of quaternary nitrogens is 1. The molecule has 0 aromatic carbocycles. The van der Waals surface area contributed by atoms with Crippen molar-refractivity contribution in [3.8, 4) is 0 Å². The van der Waals surface area contributed by atoms with Crippen LogP contribution in [0.2, 0.25) is 0 Å². The molecule has 0 amide bonds. The van der Waals surface area contributed by atoms with Gasteiger partial charge in [0.25, 0.3) is 0 Å². The Bertz CT molecular complexity index is 656. The molecule has 0 N–H and O–H groups in total. The summed E-state index contributed by atoms with van der Waals surface area (Å²) in [6.45, 7) is 18.0. The van der Waals surface area contributed by atoms with Crippen molar-refractivity contribution in [1.29, 1.82) is 0 Å². The van der Waals surface area contributed by atoms with Gasteiger partial charge in [-0.2, -0.15) is 0 Å². The molecule has 31 heavy (non-hydrogen) atoms. The van der Waals surface area contributed by atoms with Crippen molar-refractivity contribution in [3.63, 3.8) is 0 Å². The van der Waals surface area contributed by atoms with E-state index in [0.717, 1.165) is 50.3 Å². The molecular weight excluding hydrogens is 410 g/mol.